The second kappa shape index (κ2) is 9.99. The van der Waals surface area contributed by atoms with Crippen LogP contribution < -0.4 is 10.6 Å². The Bertz CT molecular complexity index is 843. The van der Waals surface area contributed by atoms with Gasteiger partial charge in [-0.3, -0.25) is 4.79 Å². The van der Waals surface area contributed by atoms with Crippen molar-refractivity contribution in [2.24, 2.45) is 0 Å². The Balaban J connectivity index is 1.53. The van der Waals surface area contributed by atoms with E-state index in [0.29, 0.717) is 41.2 Å². The maximum absolute atomic E-state index is 12.6. The number of carbonyl (C=O) groups is 2. The summed E-state index contributed by atoms with van der Waals surface area (Å²) in [4.78, 5) is 26.1. The minimum atomic E-state index is -0.188. The van der Waals surface area contributed by atoms with Gasteiger partial charge in [0.1, 0.15) is 0 Å². The zero-order chi connectivity index (χ0) is 20.8. The summed E-state index contributed by atoms with van der Waals surface area (Å²) in [5.41, 5.74) is 2.50. The van der Waals surface area contributed by atoms with Gasteiger partial charge in [0.05, 0.1) is 15.7 Å². The number of carbonyl (C=O) groups excluding carboxylic acids is 2. The minimum Gasteiger partial charge on any atom is -0.326 e. The van der Waals surface area contributed by atoms with Crippen LogP contribution in [-0.2, 0) is 4.79 Å². The van der Waals surface area contributed by atoms with E-state index in [2.05, 4.69) is 22.8 Å². The average molecular weight is 434 g/mol. The summed E-state index contributed by atoms with van der Waals surface area (Å²) in [5.74, 6) is 0.432. The fraction of sp³-hybridized carbons (Fsp3) is 0.364. The van der Waals surface area contributed by atoms with Crippen molar-refractivity contribution in [1.29, 1.82) is 0 Å². The number of rotatable bonds is 5. The third-order valence-electron chi connectivity index (χ3n) is 5.12. The lowest BCUT2D eigenvalue weighted by molar-refractivity contribution is -0.116. The predicted molar refractivity (Wildman–Crippen MR) is 119 cm³/mol. The van der Waals surface area contributed by atoms with Gasteiger partial charge < -0.3 is 15.5 Å². The van der Waals surface area contributed by atoms with Gasteiger partial charge in [-0.2, -0.15) is 0 Å². The zero-order valence-corrected chi connectivity index (χ0v) is 17.9. The van der Waals surface area contributed by atoms with Crippen LogP contribution in [0.4, 0.5) is 16.2 Å². The molecule has 2 aromatic carbocycles. The Hall–Kier alpha value is -2.24. The summed E-state index contributed by atoms with van der Waals surface area (Å²) in [6.07, 6.45) is 3.12. The summed E-state index contributed by atoms with van der Waals surface area (Å²) in [6, 6.07) is 13.0. The minimum absolute atomic E-state index is 0.0400. The van der Waals surface area contributed by atoms with Crippen LogP contribution >= 0.6 is 23.2 Å². The Kier molecular flexibility index (Phi) is 7.40. The first kappa shape index (κ1) is 21.5. The van der Waals surface area contributed by atoms with E-state index in [1.165, 1.54) is 5.56 Å². The number of amides is 3. The summed E-state index contributed by atoms with van der Waals surface area (Å²) in [6.45, 7) is 3.31. The molecule has 7 heteroatoms. The highest BCUT2D eigenvalue weighted by Gasteiger charge is 2.24. The quantitative estimate of drug-likeness (QED) is 0.594. The number of para-hydroxylation sites is 1. The number of urea groups is 1. The number of piperidine rings is 1. The number of halogens is 2. The average Bonchev–Trinajstić information content (AvgIpc) is 2.71. The van der Waals surface area contributed by atoms with Gasteiger partial charge in [0, 0.05) is 25.2 Å². The second-order valence-electron chi connectivity index (χ2n) is 7.21. The standard InChI is InChI=1S/C22H25Cl2N3O2/c1-2-4-20(28)25-17-9-7-15(8-10-17)16-11-13-27(14-12-16)22(29)26-21-18(23)5-3-6-19(21)24/h3,5-10,16H,2,4,11-14H2,1H3,(H,25,28)(H,26,29). The van der Waals surface area contributed by atoms with Crippen molar-refractivity contribution in [1.82, 2.24) is 4.90 Å². The Morgan fingerprint density at radius 2 is 1.62 bits per heavy atom. The molecule has 154 valence electrons. The molecule has 0 bridgehead atoms. The predicted octanol–water partition coefficient (Wildman–Crippen LogP) is 6.14. The number of likely N-dealkylation sites (tertiary alicyclic amines) is 1. The van der Waals surface area contributed by atoms with Crippen LogP contribution in [-0.4, -0.2) is 29.9 Å². The molecule has 0 aromatic heterocycles. The Morgan fingerprint density at radius 3 is 2.21 bits per heavy atom. The highest BCUT2D eigenvalue weighted by atomic mass is 35.5. The molecule has 1 saturated heterocycles. The molecule has 0 aliphatic carbocycles. The molecular formula is C22H25Cl2N3O2. The highest BCUT2D eigenvalue weighted by molar-refractivity contribution is 6.39. The van der Waals surface area contributed by atoms with Crippen molar-refractivity contribution in [2.75, 3.05) is 23.7 Å². The van der Waals surface area contributed by atoms with Crippen LogP contribution in [0.5, 0.6) is 0 Å². The first-order valence-corrected chi connectivity index (χ1v) is 10.6. The van der Waals surface area contributed by atoms with E-state index in [4.69, 9.17) is 23.2 Å². The monoisotopic (exact) mass is 433 g/mol. The highest BCUT2D eigenvalue weighted by Crippen LogP contribution is 2.32. The lowest BCUT2D eigenvalue weighted by Crippen LogP contribution is -2.40. The van der Waals surface area contributed by atoms with Gasteiger partial charge in [-0.15, -0.1) is 0 Å². The number of benzene rings is 2. The van der Waals surface area contributed by atoms with Crippen molar-refractivity contribution < 1.29 is 9.59 Å². The largest absolute Gasteiger partial charge is 0.326 e. The molecule has 0 saturated carbocycles. The van der Waals surface area contributed by atoms with E-state index >= 15 is 0 Å². The van der Waals surface area contributed by atoms with Crippen LogP contribution in [0.15, 0.2) is 42.5 Å². The molecule has 0 radical (unpaired) electrons. The van der Waals surface area contributed by atoms with Crippen molar-refractivity contribution in [3.63, 3.8) is 0 Å². The second-order valence-corrected chi connectivity index (χ2v) is 8.02. The van der Waals surface area contributed by atoms with Crippen LogP contribution in [0.2, 0.25) is 10.0 Å². The van der Waals surface area contributed by atoms with Crippen molar-refractivity contribution >= 4 is 46.5 Å². The number of nitrogens with zero attached hydrogens (tertiary/aromatic N) is 1. The first-order valence-electron chi connectivity index (χ1n) is 9.87. The molecule has 1 aliphatic heterocycles. The number of anilines is 2. The molecule has 0 atom stereocenters. The molecule has 1 aliphatic rings. The zero-order valence-electron chi connectivity index (χ0n) is 16.4. The molecule has 0 unspecified atom stereocenters. The molecule has 3 rings (SSSR count). The maximum Gasteiger partial charge on any atom is 0.321 e. The number of nitrogens with one attached hydrogen (secondary N) is 2. The summed E-state index contributed by atoms with van der Waals surface area (Å²) < 4.78 is 0. The normalized spacial score (nSPS) is 14.5. The van der Waals surface area contributed by atoms with Gasteiger partial charge in [0.25, 0.3) is 0 Å². The molecule has 2 N–H and O–H groups in total. The molecule has 2 aromatic rings. The first-order chi connectivity index (χ1) is 14.0. The van der Waals surface area contributed by atoms with Crippen molar-refractivity contribution in [3.8, 4) is 0 Å². The van der Waals surface area contributed by atoms with Gasteiger partial charge in [0.15, 0.2) is 0 Å². The molecule has 1 fully saturated rings. The maximum atomic E-state index is 12.6. The smallest absolute Gasteiger partial charge is 0.321 e. The summed E-state index contributed by atoms with van der Waals surface area (Å²) in [5, 5.41) is 6.57. The van der Waals surface area contributed by atoms with E-state index in [1.54, 1.807) is 23.1 Å². The number of hydrogen-bond acceptors (Lipinski definition) is 2. The molecule has 1 heterocycles. The van der Waals surface area contributed by atoms with E-state index < -0.39 is 0 Å². The van der Waals surface area contributed by atoms with Crippen molar-refractivity contribution in [2.45, 2.75) is 38.5 Å². The van der Waals surface area contributed by atoms with Gasteiger partial charge in [-0.05, 0) is 55.0 Å². The Morgan fingerprint density at radius 1 is 1.00 bits per heavy atom. The third-order valence-corrected chi connectivity index (χ3v) is 5.75. The SMILES string of the molecule is CCCC(=O)Nc1ccc(C2CCN(C(=O)Nc3c(Cl)cccc3Cl)CC2)cc1. The molecule has 3 amide bonds. The van der Waals surface area contributed by atoms with Crippen LogP contribution in [0.3, 0.4) is 0 Å². The van der Waals surface area contributed by atoms with E-state index in [0.717, 1.165) is 24.9 Å². The van der Waals surface area contributed by atoms with Gasteiger partial charge in [-0.1, -0.05) is 48.3 Å². The van der Waals surface area contributed by atoms with Gasteiger partial charge in [-0.25, -0.2) is 4.79 Å². The Labute approximate surface area is 181 Å². The van der Waals surface area contributed by atoms with E-state index in [9.17, 15) is 9.59 Å². The molecule has 29 heavy (non-hydrogen) atoms. The summed E-state index contributed by atoms with van der Waals surface area (Å²) >= 11 is 12.3. The third kappa shape index (κ3) is 5.64. The topological polar surface area (TPSA) is 61.4 Å². The molecule has 5 nitrogen and oxygen atoms in total. The fourth-order valence-electron chi connectivity index (χ4n) is 3.51. The van der Waals surface area contributed by atoms with Gasteiger partial charge >= 0.3 is 6.03 Å². The lowest BCUT2D eigenvalue weighted by atomic mass is 9.89. The van der Waals surface area contributed by atoms with Crippen molar-refractivity contribution in [3.05, 3.63) is 58.1 Å². The number of hydrogen-bond donors (Lipinski definition) is 2. The van der Waals surface area contributed by atoms with Crippen LogP contribution in [0, 0.1) is 0 Å². The molecule has 0 spiro atoms. The lowest BCUT2D eigenvalue weighted by Gasteiger charge is -2.32. The van der Waals surface area contributed by atoms with E-state index in [1.807, 2.05) is 19.1 Å². The van der Waals surface area contributed by atoms with Gasteiger partial charge in [0.2, 0.25) is 5.91 Å². The summed E-state index contributed by atoms with van der Waals surface area (Å²) in [7, 11) is 0. The molecular weight excluding hydrogens is 409 g/mol. The van der Waals surface area contributed by atoms with Crippen LogP contribution in [0.25, 0.3) is 0 Å². The van der Waals surface area contributed by atoms with E-state index in [-0.39, 0.29) is 11.9 Å². The van der Waals surface area contributed by atoms with Crippen LogP contribution in [0.1, 0.15) is 44.1 Å². The fourth-order valence-corrected chi connectivity index (χ4v) is 4.00.